The minimum absolute atomic E-state index is 0.0331. The number of carbonyl (C=O) groups excluding carboxylic acids is 6. The normalized spacial score (nSPS) is 26.3. The maximum atomic E-state index is 13.8. The number of carbonyl (C=O) groups is 6. The van der Waals surface area contributed by atoms with E-state index in [-0.39, 0.29) is 37.0 Å². The zero-order valence-electron chi connectivity index (χ0n) is 32.4. The number of hydrogen-bond donors (Lipinski definition) is 6. The third-order valence-electron chi connectivity index (χ3n) is 9.52. The summed E-state index contributed by atoms with van der Waals surface area (Å²) in [7, 11) is 0. The van der Waals surface area contributed by atoms with Gasteiger partial charge in [0.2, 0.25) is 23.6 Å². The molecule has 0 aromatic heterocycles. The highest BCUT2D eigenvalue weighted by Crippen LogP contribution is 2.19. The van der Waals surface area contributed by atoms with Crippen LogP contribution in [-0.4, -0.2) is 88.6 Å². The molecule has 13 heteroatoms. The van der Waals surface area contributed by atoms with Gasteiger partial charge in [0.05, 0.1) is 25.0 Å². The van der Waals surface area contributed by atoms with Crippen LogP contribution in [0.3, 0.4) is 0 Å². The largest absolute Gasteiger partial charge is 0.460 e. The molecule has 0 aliphatic carbocycles. The lowest BCUT2D eigenvalue weighted by Gasteiger charge is -2.29. The minimum atomic E-state index is -1.41. The van der Waals surface area contributed by atoms with Gasteiger partial charge in [-0.05, 0) is 50.4 Å². The molecule has 1 saturated heterocycles. The Labute approximate surface area is 305 Å². The van der Waals surface area contributed by atoms with E-state index in [9.17, 15) is 39.0 Å². The van der Waals surface area contributed by atoms with Gasteiger partial charge in [0, 0.05) is 6.42 Å². The summed E-state index contributed by atoms with van der Waals surface area (Å²) >= 11 is 0. The average molecular weight is 725 g/mol. The topological polar surface area (TPSA) is 200 Å². The van der Waals surface area contributed by atoms with E-state index >= 15 is 0 Å². The van der Waals surface area contributed by atoms with Crippen molar-refractivity contribution in [2.24, 2.45) is 23.7 Å². The van der Waals surface area contributed by atoms with Gasteiger partial charge in [-0.25, -0.2) is 4.79 Å². The van der Waals surface area contributed by atoms with Gasteiger partial charge in [-0.2, -0.15) is 0 Å². The Morgan fingerprint density at radius 1 is 0.686 bits per heavy atom. The van der Waals surface area contributed by atoms with Crippen LogP contribution in [0.15, 0.2) is 0 Å². The number of ether oxygens (including phenoxy) is 1. The van der Waals surface area contributed by atoms with Crippen LogP contribution in [0, 0.1) is 23.7 Å². The van der Waals surface area contributed by atoms with E-state index in [2.05, 4.69) is 28.2 Å². The Hall–Kier alpha value is -3.06. The van der Waals surface area contributed by atoms with Crippen LogP contribution < -0.4 is 21.3 Å². The number of esters is 1. The first-order valence-electron chi connectivity index (χ1n) is 19.3. The van der Waals surface area contributed by atoms with Crippen LogP contribution in [0.25, 0.3) is 0 Å². The number of nitrogens with one attached hydrogen (secondary N) is 4. The zero-order valence-corrected chi connectivity index (χ0v) is 32.4. The number of ketones is 1. The number of unbranched alkanes of at least 4 members (excludes halogenated alkanes) is 6. The van der Waals surface area contributed by atoms with Gasteiger partial charge in [0.25, 0.3) is 0 Å². The number of aliphatic hydroxyl groups is 2. The SMILES string of the molecule is CCCCCCCCCC1CC(=O)N[C@H](CC(C)C)C(=O)N[C@@H](CO)C(=O)C[C@@H]([C@@H](C)O)C(=O)N[C@H](CC(C)C)C(=O)N[C@@H]([C@@H](C)CC)C(=O)O1. The number of amides is 4. The van der Waals surface area contributed by atoms with E-state index in [4.69, 9.17) is 4.74 Å². The van der Waals surface area contributed by atoms with Crippen LogP contribution in [0.1, 0.15) is 139 Å². The molecule has 4 amide bonds. The number of Topliss-reactive ketones (excluding diaryl/α,β-unsaturated/α-hetero) is 1. The van der Waals surface area contributed by atoms with Gasteiger partial charge in [-0.3, -0.25) is 24.0 Å². The first-order chi connectivity index (χ1) is 24.0. The van der Waals surface area contributed by atoms with E-state index in [1.165, 1.54) is 13.3 Å². The van der Waals surface area contributed by atoms with Crippen molar-refractivity contribution in [2.45, 2.75) is 175 Å². The van der Waals surface area contributed by atoms with E-state index in [1.54, 1.807) is 6.92 Å². The quantitative estimate of drug-likeness (QED) is 0.102. The van der Waals surface area contributed by atoms with Gasteiger partial charge in [0.1, 0.15) is 30.3 Å². The first kappa shape index (κ1) is 46.0. The Balaban J connectivity index is 3.59. The number of cyclic esters (lactones) is 1. The lowest BCUT2D eigenvalue weighted by Crippen LogP contribution is -2.56. The summed E-state index contributed by atoms with van der Waals surface area (Å²) in [6.07, 6.45) is 5.63. The van der Waals surface area contributed by atoms with Crippen LogP contribution in [0.5, 0.6) is 0 Å². The van der Waals surface area contributed by atoms with E-state index in [1.807, 2.05) is 34.6 Å². The Bertz CT molecular complexity index is 1110. The van der Waals surface area contributed by atoms with Crippen molar-refractivity contribution in [3.63, 3.8) is 0 Å². The van der Waals surface area contributed by atoms with Crippen LogP contribution in [0.4, 0.5) is 0 Å². The molecular formula is C38H68N4O9. The molecule has 1 unspecified atom stereocenters. The maximum absolute atomic E-state index is 13.8. The summed E-state index contributed by atoms with van der Waals surface area (Å²) in [5.74, 6) is -5.73. The third kappa shape index (κ3) is 17.3. The Morgan fingerprint density at radius 2 is 1.22 bits per heavy atom. The van der Waals surface area contributed by atoms with Crippen molar-refractivity contribution in [1.82, 2.24) is 21.3 Å². The lowest BCUT2D eigenvalue weighted by molar-refractivity contribution is -0.156. The molecule has 1 fully saturated rings. The lowest BCUT2D eigenvalue weighted by atomic mass is 9.92. The van der Waals surface area contributed by atoms with Crippen molar-refractivity contribution < 1.29 is 43.7 Å². The molecule has 0 spiro atoms. The van der Waals surface area contributed by atoms with Crippen molar-refractivity contribution in [3.05, 3.63) is 0 Å². The summed E-state index contributed by atoms with van der Waals surface area (Å²) in [5, 5.41) is 31.3. The molecule has 0 aromatic rings. The van der Waals surface area contributed by atoms with Gasteiger partial charge in [0.15, 0.2) is 5.78 Å². The molecule has 1 heterocycles. The molecule has 1 aliphatic heterocycles. The zero-order chi connectivity index (χ0) is 38.7. The summed E-state index contributed by atoms with van der Waals surface area (Å²) in [6.45, 7) is 13.9. The molecule has 6 N–H and O–H groups in total. The molecule has 0 radical (unpaired) electrons. The highest BCUT2D eigenvalue weighted by molar-refractivity contribution is 5.96. The highest BCUT2D eigenvalue weighted by Gasteiger charge is 2.37. The Kier molecular flexibility index (Phi) is 21.8. The van der Waals surface area contributed by atoms with Crippen molar-refractivity contribution in [3.8, 4) is 0 Å². The summed E-state index contributed by atoms with van der Waals surface area (Å²) in [4.78, 5) is 81.4. The predicted molar refractivity (Wildman–Crippen MR) is 195 cm³/mol. The number of aliphatic hydroxyl groups excluding tert-OH is 2. The monoisotopic (exact) mass is 724 g/mol. The van der Waals surface area contributed by atoms with Crippen LogP contribution in [0.2, 0.25) is 0 Å². The molecule has 294 valence electrons. The van der Waals surface area contributed by atoms with Crippen molar-refractivity contribution in [1.29, 1.82) is 0 Å². The van der Waals surface area contributed by atoms with Crippen molar-refractivity contribution >= 4 is 35.4 Å². The molecule has 8 atom stereocenters. The van der Waals surface area contributed by atoms with Gasteiger partial charge >= 0.3 is 5.97 Å². The summed E-state index contributed by atoms with van der Waals surface area (Å²) in [6, 6.07) is -4.64. The Morgan fingerprint density at radius 3 is 1.75 bits per heavy atom. The van der Waals surface area contributed by atoms with Crippen LogP contribution >= 0.6 is 0 Å². The average Bonchev–Trinajstić information content (AvgIpc) is 3.05. The minimum Gasteiger partial charge on any atom is -0.460 e. The number of hydrogen-bond acceptors (Lipinski definition) is 9. The fourth-order valence-corrected chi connectivity index (χ4v) is 6.18. The highest BCUT2D eigenvalue weighted by atomic mass is 16.5. The summed E-state index contributed by atoms with van der Waals surface area (Å²) in [5.41, 5.74) is 0. The molecular weight excluding hydrogens is 656 g/mol. The molecule has 1 aliphatic rings. The van der Waals surface area contributed by atoms with E-state index in [0.29, 0.717) is 19.3 Å². The van der Waals surface area contributed by atoms with Gasteiger partial charge < -0.3 is 36.2 Å². The molecule has 13 nitrogen and oxygen atoms in total. The fraction of sp³-hybridized carbons (Fsp3) is 0.842. The second-order valence-electron chi connectivity index (χ2n) is 15.2. The molecule has 1 rings (SSSR count). The van der Waals surface area contributed by atoms with Gasteiger partial charge in [-0.15, -0.1) is 0 Å². The van der Waals surface area contributed by atoms with Gasteiger partial charge in [-0.1, -0.05) is 93.4 Å². The second-order valence-corrected chi connectivity index (χ2v) is 15.2. The first-order valence-corrected chi connectivity index (χ1v) is 19.3. The molecule has 0 saturated carbocycles. The van der Waals surface area contributed by atoms with E-state index < -0.39 is 90.7 Å². The predicted octanol–water partition coefficient (Wildman–Crippen LogP) is 3.47. The summed E-state index contributed by atoms with van der Waals surface area (Å²) < 4.78 is 5.98. The van der Waals surface area contributed by atoms with E-state index in [0.717, 1.165) is 32.1 Å². The second kappa shape index (κ2) is 24.2. The standard InChI is InChI=1S/C38H68N4O9/c1-9-11-12-13-14-15-16-17-27-20-33(46)39-29(18-23(3)4)36(48)41-31(22-43)32(45)21-28(26(8)44)35(47)40-30(19-24(5)6)37(49)42-34(25(7)10-2)38(50)51-27/h23-31,34,43-44H,9-22H2,1-8H3,(H,39,46)(H,40,47)(H,41,48)(H,42,49)/t25-,26+,27?,28-,29+,30+,31-,34-/m0/s1. The van der Waals surface area contributed by atoms with Crippen LogP contribution in [-0.2, 0) is 33.5 Å². The molecule has 51 heavy (non-hydrogen) atoms. The molecule has 0 bridgehead atoms. The smallest absolute Gasteiger partial charge is 0.329 e. The fourth-order valence-electron chi connectivity index (χ4n) is 6.18. The van der Waals surface area contributed by atoms with Crippen molar-refractivity contribution in [2.75, 3.05) is 6.61 Å². The molecule has 0 aromatic carbocycles. The maximum Gasteiger partial charge on any atom is 0.329 e. The number of rotatable bonds is 16. The third-order valence-corrected chi connectivity index (χ3v) is 9.52.